The van der Waals surface area contributed by atoms with E-state index in [2.05, 4.69) is 50.0 Å². The third-order valence-electron chi connectivity index (χ3n) is 7.13. The number of benzene rings is 2. The Labute approximate surface area is 212 Å². The Morgan fingerprint density at radius 1 is 1.03 bits per heavy atom. The predicted octanol–water partition coefficient (Wildman–Crippen LogP) is 5.09. The zero-order valence-electron chi connectivity index (χ0n) is 21.8. The van der Waals surface area contributed by atoms with Crippen LogP contribution >= 0.6 is 0 Å². The molecular formula is C28H38F3N3O2. The van der Waals surface area contributed by atoms with Crippen molar-refractivity contribution >= 4 is 5.91 Å². The molecule has 2 aromatic rings. The highest BCUT2D eigenvalue weighted by atomic mass is 19.4. The van der Waals surface area contributed by atoms with E-state index in [1.807, 2.05) is 0 Å². The average Bonchev–Trinajstić information content (AvgIpc) is 2.87. The van der Waals surface area contributed by atoms with E-state index >= 15 is 0 Å². The summed E-state index contributed by atoms with van der Waals surface area (Å²) in [5, 5.41) is 3.44. The van der Waals surface area contributed by atoms with Gasteiger partial charge in [-0.05, 0) is 80.6 Å². The Balaban J connectivity index is 1.46. The van der Waals surface area contributed by atoms with Gasteiger partial charge in [-0.15, -0.1) is 0 Å². The van der Waals surface area contributed by atoms with Gasteiger partial charge in [-0.2, -0.15) is 13.2 Å². The van der Waals surface area contributed by atoms with E-state index in [0.717, 1.165) is 56.9 Å². The van der Waals surface area contributed by atoms with Crippen LogP contribution in [-0.4, -0.2) is 67.6 Å². The zero-order chi connectivity index (χ0) is 26.3. The minimum atomic E-state index is -4.40. The molecule has 1 heterocycles. The second kappa shape index (κ2) is 12.6. The maximum absolute atomic E-state index is 12.8. The number of hydrogen-bond acceptors (Lipinski definition) is 4. The molecule has 1 amide bonds. The molecule has 3 rings (SSSR count). The highest BCUT2D eigenvalue weighted by Crippen LogP contribution is 2.29. The van der Waals surface area contributed by atoms with Crippen LogP contribution in [0.3, 0.4) is 0 Å². The molecule has 1 atom stereocenters. The van der Waals surface area contributed by atoms with Crippen LogP contribution in [0, 0.1) is 13.8 Å². The van der Waals surface area contributed by atoms with E-state index in [-0.39, 0.29) is 5.91 Å². The van der Waals surface area contributed by atoms with Crippen LogP contribution in [0.4, 0.5) is 13.2 Å². The van der Waals surface area contributed by atoms with Crippen LogP contribution in [0.5, 0.6) is 5.75 Å². The number of ether oxygens (including phenoxy) is 1. The Morgan fingerprint density at radius 3 is 2.31 bits per heavy atom. The second-order valence-corrected chi connectivity index (χ2v) is 9.54. The van der Waals surface area contributed by atoms with Crippen molar-refractivity contribution in [2.75, 3.05) is 45.9 Å². The van der Waals surface area contributed by atoms with Gasteiger partial charge in [0.05, 0.1) is 5.56 Å². The molecule has 0 bridgehead atoms. The molecule has 1 aliphatic heterocycles. The molecule has 1 N–H and O–H groups in total. The summed E-state index contributed by atoms with van der Waals surface area (Å²) in [6.07, 6.45) is -2.39. The van der Waals surface area contributed by atoms with Gasteiger partial charge in [-0.1, -0.05) is 13.0 Å². The fourth-order valence-corrected chi connectivity index (χ4v) is 4.33. The lowest BCUT2D eigenvalue weighted by molar-refractivity contribution is -0.137. The molecule has 0 aromatic heterocycles. The molecule has 0 spiro atoms. The molecule has 0 saturated carbocycles. The van der Waals surface area contributed by atoms with Gasteiger partial charge in [0.2, 0.25) is 0 Å². The summed E-state index contributed by atoms with van der Waals surface area (Å²) in [7, 11) is 0. The number of halogens is 3. The topological polar surface area (TPSA) is 44.8 Å². The minimum Gasteiger partial charge on any atom is -0.492 e. The summed E-state index contributed by atoms with van der Waals surface area (Å²) in [6.45, 7) is 13.5. The van der Waals surface area contributed by atoms with Crippen LogP contribution < -0.4 is 10.1 Å². The zero-order valence-corrected chi connectivity index (χ0v) is 21.8. The number of amides is 1. The van der Waals surface area contributed by atoms with E-state index in [9.17, 15) is 18.0 Å². The first kappa shape index (κ1) is 28.0. The van der Waals surface area contributed by atoms with Crippen LogP contribution in [-0.2, 0) is 12.6 Å². The van der Waals surface area contributed by atoms with Gasteiger partial charge >= 0.3 is 6.18 Å². The molecule has 0 aliphatic carbocycles. The lowest BCUT2D eigenvalue weighted by atomic mass is 9.99. The first-order valence-corrected chi connectivity index (χ1v) is 12.7. The van der Waals surface area contributed by atoms with Gasteiger partial charge in [-0.25, -0.2) is 0 Å². The maximum Gasteiger partial charge on any atom is 0.416 e. The summed E-state index contributed by atoms with van der Waals surface area (Å²) >= 11 is 0. The van der Waals surface area contributed by atoms with Crippen molar-refractivity contribution < 1.29 is 22.7 Å². The highest BCUT2D eigenvalue weighted by Gasteiger charge is 2.30. The monoisotopic (exact) mass is 505 g/mol. The van der Waals surface area contributed by atoms with E-state index < -0.39 is 11.7 Å². The van der Waals surface area contributed by atoms with Gasteiger partial charge in [-0.3, -0.25) is 9.69 Å². The number of hydrogen-bond donors (Lipinski definition) is 1. The molecule has 198 valence electrons. The fourth-order valence-electron chi connectivity index (χ4n) is 4.33. The smallest absolute Gasteiger partial charge is 0.416 e. The Hall–Kier alpha value is -2.58. The predicted molar refractivity (Wildman–Crippen MR) is 137 cm³/mol. The summed E-state index contributed by atoms with van der Waals surface area (Å²) in [5.41, 5.74) is 3.26. The number of nitrogens with zero attached hydrogens (tertiary/aromatic N) is 2. The standard InChI is InChI=1S/C28H38F3N3O2/c1-5-20(2)32-13-19-36-26-11-8-23(21(3)22(26)4)12-14-33-15-17-34(18-16-33)27(35)24-6-9-25(10-7-24)28(29,30)31/h6-11,20,32H,5,12-19H2,1-4H3. The van der Waals surface area contributed by atoms with Gasteiger partial charge < -0.3 is 15.0 Å². The minimum absolute atomic E-state index is 0.218. The summed E-state index contributed by atoms with van der Waals surface area (Å²) in [5.74, 6) is 0.711. The fraction of sp³-hybridized carbons (Fsp3) is 0.536. The Kier molecular flexibility index (Phi) is 9.79. The van der Waals surface area contributed by atoms with Crippen LogP contribution in [0.15, 0.2) is 36.4 Å². The van der Waals surface area contributed by atoms with Crippen molar-refractivity contribution in [3.8, 4) is 5.75 Å². The summed E-state index contributed by atoms with van der Waals surface area (Å²) in [6, 6.07) is 9.15. The third kappa shape index (κ3) is 7.46. The number of piperazine rings is 1. The van der Waals surface area contributed by atoms with Crippen LogP contribution in [0.25, 0.3) is 0 Å². The molecule has 2 aromatic carbocycles. The van der Waals surface area contributed by atoms with Crippen molar-refractivity contribution in [3.63, 3.8) is 0 Å². The normalized spacial score (nSPS) is 15.7. The summed E-state index contributed by atoms with van der Waals surface area (Å²) < 4.78 is 44.3. The lowest BCUT2D eigenvalue weighted by Gasteiger charge is -2.35. The van der Waals surface area contributed by atoms with Crippen LogP contribution in [0.2, 0.25) is 0 Å². The van der Waals surface area contributed by atoms with Crippen molar-refractivity contribution in [2.45, 2.75) is 52.8 Å². The number of carbonyl (C=O) groups is 1. The van der Waals surface area contributed by atoms with Crippen molar-refractivity contribution in [1.82, 2.24) is 15.1 Å². The second-order valence-electron chi connectivity index (χ2n) is 9.54. The van der Waals surface area contributed by atoms with Gasteiger partial charge in [0.1, 0.15) is 12.4 Å². The van der Waals surface area contributed by atoms with Gasteiger partial charge in [0, 0.05) is 50.9 Å². The molecule has 1 aliphatic rings. The van der Waals surface area contributed by atoms with E-state index in [0.29, 0.717) is 31.3 Å². The first-order valence-electron chi connectivity index (χ1n) is 12.7. The molecule has 0 radical (unpaired) electrons. The van der Waals surface area contributed by atoms with E-state index in [4.69, 9.17) is 4.74 Å². The van der Waals surface area contributed by atoms with Crippen LogP contribution in [0.1, 0.15) is 52.9 Å². The molecular weight excluding hydrogens is 467 g/mol. The van der Waals surface area contributed by atoms with E-state index in [1.165, 1.54) is 28.8 Å². The molecule has 5 nitrogen and oxygen atoms in total. The van der Waals surface area contributed by atoms with E-state index in [1.54, 1.807) is 4.90 Å². The lowest BCUT2D eigenvalue weighted by Crippen LogP contribution is -2.49. The summed E-state index contributed by atoms with van der Waals surface area (Å²) in [4.78, 5) is 16.8. The highest BCUT2D eigenvalue weighted by molar-refractivity contribution is 5.94. The Morgan fingerprint density at radius 2 is 1.69 bits per heavy atom. The molecule has 8 heteroatoms. The third-order valence-corrected chi connectivity index (χ3v) is 7.13. The van der Waals surface area contributed by atoms with Crippen molar-refractivity contribution in [3.05, 3.63) is 64.2 Å². The maximum atomic E-state index is 12.8. The number of carbonyl (C=O) groups excluding carboxylic acids is 1. The number of rotatable bonds is 10. The Bertz CT molecular complexity index is 1000. The quantitative estimate of drug-likeness (QED) is 0.457. The number of alkyl halides is 3. The molecule has 36 heavy (non-hydrogen) atoms. The van der Waals surface area contributed by atoms with Crippen molar-refractivity contribution in [2.24, 2.45) is 0 Å². The largest absolute Gasteiger partial charge is 0.492 e. The SMILES string of the molecule is CCC(C)NCCOc1ccc(CCN2CCN(C(=O)c3ccc(C(F)(F)F)cc3)CC2)c(C)c1C. The molecule has 1 fully saturated rings. The number of nitrogens with one attached hydrogen (secondary N) is 1. The molecule has 1 unspecified atom stereocenters. The van der Waals surface area contributed by atoms with Gasteiger partial charge in [0.25, 0.3) is 5.91 Å². The molecule has 1 saturated heterocycles. The van der Waals surface area contributed by atoms with Gasteiger partial charge in [0.15, 0.2) is 0 Å². The van der Waals surface area contributed by atoms with Crippen molar-refractivity contribution in [1.29, 1.82) is 0 Å². The first-order chi connectivity index (χ1) is 17.1. The average molecular weight is 506 g/mol.